The highest BCUT2D eigenvalue weighted by Crippen LogP contribution is 2.12. The van der Waals surface area contributed by atoms with Gasteiger partial charge >= 0.3 is 0 Å². The molecule has 0 saturated heterocycles. The summed E-state index contributed by atoms with van der Waals surface area (Å²) in [5.41, 5.74) is 7.71. The molecule has 2 unspecified atom stereocenters. The zero-order valence-corrected chi connectivity index (χ0v) is 7.61. The largest absolute Gasteiger partial charge is 0.390 e. The van der Waals surface area contributed by atoms with Gasteiger partial charge in [-0.05, 0) is 5.53 Å². The van der Waals surface area contributed by atoms with Gasteiger partial charge in [-0.1, -0.05) is 5.11 Å². The molecule has 80 valence electrons. The maximum Gasteiger partial charge on any atom is 0.266 e. The van der Waals surface area contributed by atoms with E-state index in [0.29, 0.717) is 0 Å². The molecule has 0 bridgehead atoms. The zero-order chi connectivity index (χ0) is 11.3. The molecule has 1 rings (SSSR count). The van der Waals surface area contributed by atoms with E-state index in [-0.39, 0.29) is 12.2 Å². The van der Waals surface area contributed by atoms with E-state index in [0.717, 1.165) is 6.20 Å². The molecule has 1 aromatic heterocycles. The van der Waals surface area contributed by atoms with Crippen LogP contribution in [0.2, 0.25) is 0 Å². The number of aromatic amines is 1. The van der Waals surface area contributed by atoms with Gasteiger partial charge in [0.1, 0.15) is 6.10 Å². The van der Waals surface area contributed by atoms with Crippen molar-refractivity contribution in [1.29, 1.82) is 0 Å². The molecule has 0 spiro atoms. The Kier molecular flexibility index (Phi) is 3.81. The van der Waals surface area contributed by atoms with Crippen LogP contribution in [-0.4, -0.2) is 32.8 Å². The van der Waals surface area contributed by atoms with Gasteiger partial charge in [0, 0.05) is 11.1 Å². The van der Waals surface area contributed by atoms with E-state index in [9.17, 15) is 15.0 Å². The predicted molar refractivity (Wildman–Crippen MR) is 49.8 cm³/mol. The van der Waals surface area contributed by atoms with Crippen molar-refractivity contribution in [2.24, 2.45) is 5.11 Å². The van der Waals surface area contributed by atoms with Gasteiger partial charge in [0.25, 0.3) is 5.56 Å². The lowest BCUT2D eigenvalue weighted by Gasteiger charge is -2.14. The summed E-state index contributed by atoms with van der Waals surface area (Å²) >= 11 is 0. The minimum Gasteiger partial charge on any atom is -0.390 e. The van der Waals surface area contributed by atoms with Gasteiger partial charge in [0.15, 0.2) is 0 Å². The lowest BCUT2D eigenvalue weighted by Crippen LogP contribution is -2.23. The highest BCUT2D eigenvalue weighted by Gasteiger charge is 2.18. The number of hydrogen-bond donors (Lipinski definition) is 3. The number of rotatable bonds is 4. The van der Waals surface area contributed by atoms with E-state index in [1.165, 1.54) is 6.20 Å². The van der Waals surface area contributed by atoms with Crippen LogP contribution in [0.15, 0.2) is 22.3 Å². The quantitative estimate of drug-likeness (QED) is 0.350. The highest BCUT2D eigenvalue weighted by molar-refractivity contribution is 5.01. The Hall–Kier alpha value is -1.89. The summed E-state index contributed by atoms with van der Waals surface area (Å²) in [5.74, 6) is 0. The molecule has 3 N–H and O–H groups in total. The first-order chi connectivity index (χ1) is 7.15. The third-order valence-electron chi connectivity index (χ3n) is 1.69. The zero-order valence-electron chi connectivity index (χ0n) is 7.61. The smallest absolute Gasteiger partial charge is 0.266 e. The first-order valence-electron chi connectivity index (χ1n) is 4.06. The number of aliphatic hydroxyl groups is 2. The van der Waals surface area contributed by atoms with E-state index in [4.69, 9.17) is 5.53 Å². The molecule has 15 heavy (non-hydrogen) atoms. The Labute approximate surface area is 83.8 Å². The second-order valence-corrected chi connectivity index (χ2v) is 2.76. The molecule has 1 heterocycles. The molecule has 0 radical (unpaired) electrons. The summed E-state index contributed by atoms with van der Waals surface area (Å²) in [6, 6.07) is 0. The molecule has 8 heteroatoms. The van der Waals surface area contributed by atoms with Gasteiger partial charge in [-0.3, -0.25) is 9.78 Å². The highest BCUT2D eigenvalue weighted by atomic mass is 16.3. The van der Waals surface area contributed by atoms with E-state index < -0.39 is 17.8 Å². The SMILES string of the molecule is [N-]=[N+]=NCC(O)C(O)c1c[nH]c(=O)cn1. The monoisotopic (exact) mass is 211 g/mol. The first kappa shape index (κ1) is 11.2. The van der Waals surface area contributed by atoms with Crippen LogP contribution in [0, 0.1) is 0 Å². The predicted octanol–water partition coefficient (Wildman–Crippen LogP) is -0.526. The van der Waals surface area contributed by atoms with Gasteiger partial charge in [-0.2, -0.15) is 0 Å². The molecule has 0 aliphatic carbocycles. The van der Waals surface area contributed by atoms with Crippen molar-refractivity contribution < 1.29 is 10.2 Å². The molecule has 0 aliphatic rings. The Morgan fingerprint density at radius 2 is 2.40 bits per heavy atom. The average Bonchev–Trinajstić information content (AvgIpc) is 2.26. The van der Waals surface area contributed by atoms with Gasteiger partial charge in [-0.15, -0.1) is 0 Å². The summed E-state index contributed by atoms with van der Waals surface area (Å²) in [6.45, 7) is -0.265. The Bertz CT molecular complexity index is 404. The van der Waals surface area contributed by atoms with Crippen LogP contribution >= 0.6 is 0 Å². The molecule has 0 fully saturated rings. The second kappa shape index (κ2) is 5.11. The minimum atomic E-state index is -1.30. The third-order valence-corrected chi connectivity index (χ3v) is 1.69. The summed E-state index contributed by atoms with van der Waals surface area (Å²) in [4.78, 5) is 19.0. The molecule has 0 saturated carbocycles. The lowest BCUT2D eigenvalue weighted by atomic mass is 10.1. The molecule has 0 aliphatic heterocycles. The molecule has 1 aromatic rings. The van der Waals surface area contributed by atoms with Crippen LogP contribution in [0.3, 0.4) is 0 Å². The molecule has 8 nitrogen and oxygen atoms in total. The Balaban J connectivity index is 2.75. The van der Waals surface area contributed by atoms with Crippen LogP contribution in [0.1, 0.15) is 11.8 Å². The summed E-state index contributed by atoms with van der Waals surface area (Å²) in [5, 5.41) is 21.9. The van der Waals surface area contributed by atoms with Crippen LogP contribution in [0.25, 0.3) is 10.4 Å². The molecular weight excluding hydrogens is 202 g/mol. The van der Waals surface area contributed by atoms with Crippen molar-refractivity contribution in [3.63, 3.8) is 0 Å². The van der Waals surface area contributed by atoms with E-state index >= 15 is 0 Å². The Morgan fingerprint density at radius 3 is 2.93 bits per heavy atom. The fourth-order valence-electron chi connectivity index (χ4n) is 0.932. The van der Waals surface area contributed by atoms with E-state index in [1.54, 1.807) is 0 Å². The lowest BCUT2D eigenvalue weighted by molar-refractivity contribution is 0.0215. The van der Waals surface area contributed by atoms with Gasteiger partial charge in [0.2, 0.25) is 0 Å². The van der Waals surface area contributed by atoms with Gasteiger partial charge in [-0.25, -0.2) is 0 Å². The van der Waals surface area contributed by atoms with Crippen molar-refractivity contribution in [3.05, 3.63) is 38.9 Å². The number of aliphatic hydroxyl groups excluding tert-OH is 2. The summed E-state index contributed by atoms with van der Waals surface area (Å²) < 4.78 is 0. The van der Waals surface area contributed by atoms with Crippen LogP contribution in [0.4, 0.5) is 0 Å². The molecular formula is C7H9N5O3. The standard InChI is InChI=1S/C7H9N5O3/c8-12-11-2-5(13)7(15)4-1-10-6(14)3-9-4/h1,3,5,7,13,15H,2H2,(H,10,14). The van der Waals surface area contributed by atoms with Crippen molar-refractivity contribution in [2.45, 2.75) is 12.2 Å². The number of aromatic nitrogens is 2. The fourth-order valence-corrected chi connectivity index (χ4v) is 0.932. The fraction of sp³-hybridized carbons (Fsp3) is 0.429. The normalized spacial score (nSPS) is 14.0. The average molecular weight is 211 g/mol. The number of nitrogens with one attached hydrogen (secondary N) is 1. The maximum atomic E-state index is 10.7. The van der Waals surface area contributed by atoms with Crippen LogP contribution in [0.5, 0.6) is 0 Å². The van der Waals surface area contributed by atoms with Gasteiger partial charge < -0.3 is 15.2 Å². The van der Waals surface area contributed by atoms with E-state index in [2.05, 4.69) is 20.0 Å². The van der Waals surface area contributed by atoms with Crippen LogP contribution < -0.4 is 5.56 Å². The first-order valence-corrected chi connectivity index (χ1v) is 4.06. The van der Waals surface area contributed by atoms with Crippen molar-refractivity contribution >= 4 is 0 Å². The van der Waals surface area contributed by atoms with Crippen LogP contribution in [-0.2, 0) is 0 Å². The topological polar surface area (TPSA) is 135 Å². The van der Waals surface area contributed by atoms with Gasteiger partial charge in [0.05, 0.1) is 24.5 Å². The molecule has 0 amide bonds. The molecule has 0 aromatic carbocycles. The molecule has 2 atom stereocenters. The third kappa shape index (κ3) is 3.06. The minimum absolute atomic E-state index is 0.107. The van der Waals surface area contributed by atoms with Crippen molar-refractivity contribution in [1.82, 2.24) is 9.97 Å². The number of nitrogens with zero attached hydrogens (tertiary/aromatic N) is 4. The number of hydrogen-bond acceptors (Lipinski definition) is 5. The van der Waals surface area contributed by atoms with E-state index in [1.807, 2.05) is 0 Å². The summed E-state index contributed by atoms with van der Waals surface area (Å²) in [6.07, 6.45) is -0.378. The Morgan fingerprint density at radius 1 is 1.67 bits per heavy atom. The summed E-state index contributed by atoms with van der Waals surface area (Å²) in [7, 11) is 0. The number of azide groups is 1. The van der Waals surface area contributed by atoms with Crippen molar-refractivity contribution in [2.75, 3.05) is 6.54 Å². The maximum absolute atomic E-state index is 10.7. The second-order valence-electron chi connectivity index (χ2n) is 2.76. The number of H-pyrrole nitrogens is 1. The van der Waals surface area contributed by atoms with Crippen molar-refractivity contribution in [3.8, 4) is 0 Å².